The average molecular weight is 340 g/mol. The summed E-state index contributed by atoms with van der Waals surface area (Å²) < 4.78 is 29.0. The molecule has 5 atom stereocenters. The van der Waals surface area contributed by atoms with E-state index in [1.54, 1.807) is 7.11 Å². The summed E-state index contributed by atoms with van der Waals surface area (Å²) in [6, 6.07) is 16.3. The Kier molecular flexibility index (Phi) is 3.66. The molecule has 3 aliphatic rings. The summed E-state index contributed by atoms with van der Waals surface area (Å²) >= 11 is 0. The summed E-state index contributed by atoms with van der Waals surface area (Å²) in [4.78, 5) is 0. The molecule has 2 aromatic rings. The second-order valence-corrected chi connectivity index (χ2v) is 6.68. The number of ether oxygens (including phenoxy) is 5. The van der Waals surface area contributed by atoms with Crippen molar-refractivity contribution < 1.29 is 23.7 Å². The molecule has 3 aliphatic heterocycles. The van der Waals surface area contributed by atoms with Crippen LogP contribution in [0.1, 0.15) is 23.3 Å². The Morgan fingerprint density at radius 3 is 2.60 bits per heavy atom. The van der Waals surface area contributed by atoms with Crippen molar-refractivity contribution in [3.8, 4) is 11.5 Å². The molecule has 0 radical (unpaired) electrons. The van der Waals surface area contributed by atoms with Gasteiger partial charge in [-0.3, -0.25) is 0 Å². The van der Waals surface area contributed by atoms with E-state index in [1.807, 2.05) is 36.4 Å². The molecule has 2 aromatic carbocycles. The van der Waals surface area contributed by atoms with Gasteiger partial charge >= 0.3 is 0 Å². The lowest BCUT2D eigenvalue weighted by Crippen LogP contribution is -2.24. The summed E-state index contributed by atoms with van der Waals surface area (Å²) in [6.45, 7) is 0.930. The van der Waals surface area contributed by atoms with Crippen LogP contribution >= 0.6 is 0 Å². The van der Waals surface area contributed by atoms with E-state index in [9.17, 15) is 0 Å². The van der Waals surface area contributed by atoms with Gasteiger partial charge in [-0.2, -0.15) is 0 Å². The van der Waals surface area contributed by atoms with Crippen molar-refractivity contribution in [3.63, 3.8) is 0 Å². The maximum absolute atomic E-state index is 6.25. The Morgan fingerprint density at radius 2 is 1.76 bits per heavy atom. The Labute approximate surface area is 146 Å². The first-order valence-electron chi connectivity index (χ1n) is 8.59. The molecule has 0 saturated carbocycles. The van der Waals surface area contributed by atoms with Gasteiger partial charge in [-0.25, -0.2) is 0 Å². The van der Waals surface area contributed by atoms with E-state index in [4.69, 9.17) is 23.7 Å². The lowest BCUT2D eigenvalue weighted by Gasteiger charge is -2.22. The molecule has 0 aliphatic carbocycles. The van der Waals surface area contributed by atoms with Crippen LogP contribution in [0.3, 0.4) is 0 Å². The molecular formula is C20H20O5. The predicted molar refractivity (Wildman–Crippen MR) is 89.3 cm³/mol. The van der Waals surface area contributed by atoms with Crippen LogP contribution in [-0.2, 0) is 14.2 Å². The van der Waals surface area contributed by atoms with Gasteiger partial charge in [-0.05, 0) is 23.3 Å². The standard InChI is InChI=1S/C20H20O5/c1-21-20-17-14(18(25-20)12-5-3-2-4-6-12)10-22-19(17)13-7-8-15-16(9-13)24-11-23-15/h2-9,14,17-20H,10-11H2,1H3/t14-,17-,18-,19+,20+/m0/s1. The highest BCUT2D eigenvalue weighted by atomic mass is 16.7. The molecule has 130 valence electrons. The highest BCUT2D eigenvalue weighted by Gasteiger charge is 2.54. The minimum absolute atomic E-state index is 0.00448. The third-order valence-electron chi connectivity index (χ3n) is 5.38. The van der Waals surface area contributed by atoms with Gasteiger partial charge in [-0.1, -0.05) is 36.4 Å². The van der Waals surface area contributed by atoms with E-state index in [1.165, 1.54) is 5.56 Å². The van der Waals surface area contributed by atoms with Crippen molar-refractivity contribution in [2.75, 3.05) is 20.5 Å². The molecule has 0 aromatic heterocycles. The second kappa shape index (κ2) is 6.02. The van der Waals surface area contributed by atoms with Crippen LogP contribution in [0.25, 0.3) is 0 Å². The van der Waals surface area contributed by atoms with Gasteiger partial charge in [0.15, 0.2) is 17.8 Å². The van der Waals surface area contributed by atoms with Crippen LogP contribution in [0.15, 0.2) is 48.5 Å². The average Bonchev–Trinajstić information content (AvgIpc) is 3.36. The Balaban J connectivity index is 1.46. The highest BCUT2D eigenvalue weighted by Crippen LogP contribution is 2.54. The van der Waals surface area contributed by atoms with Crippen LogP contribution in [0, 0.1) is 11.8 Å². The SMILES string of the molecule is CO[C@@H]1O[C@@H](c2ccccc2)[C@H]2CO[C@H](c3ccc4c(c3)OCO4)[C@@H]12. The molecule has 5 heteroatoms. The molecule has 0 spiro atoms. The Hall–Kier alpha value is -2.08. The summed E-state index contributed by atoms with van der Waals surface area (Å²) in [5.74, 6) is 1.97. The topological polar surface area (TPSA) is 46.2 Å². The van der Waals surface area contributed by atoms with Crippen LogP contribution in [0.4, 0.5) is 0 Å². The monoisotopic (exact) mass is 340 g/mol. The van der Waals surface area contributed by atoms with Crippen LogP contribution in [0.2, 0.25) is 0 Å². The molecule has 0 unspecified atom stereocenters. The van der Waals surface area contributed by atoms with Crippen molar-refractivity contribution in [2.45, 2.75) is 18.5 Å². The van der Waals surface area contributed by atoms with Gasteiger partial charge in [0.25, 0.3) is 0 Å². The molecular weight excluding hydrogens is 320 g/mol. The van der Waals surface area contributed by atoms with Crippen LogP contribution < -0.4 is 9.47 Å². The molecule has 3 heterocycles. The van der Waals surface area contributed by atoms with Crippen LogP contribution in [0.5, 0.6) is 11.5 Å². The van der Waals surface area contributed by atoms with Crippen molar-refractivity contribution in [3.05, 3.63) is 59.7 Å². The summed E-state index contributed by atoms with van der Waals surface area (Å²) in [5, 5.41) is 0. The molecule has 25 heavy (non-hydrogen) atoms. The zero-order valence-electron chi connectivity index (χ0n) is 14.0. The maximum Gasteiger partial charge on any atom is 0.231 e. The molecule has 5 rings (SSSR count). The molecule has 2 saturated heterocycles. The fraction of sp³-hybridized carbons (Fsp3) is 0.400. The quantitative estimate of drug-likeness (QED) is 0.856. The van der Waals surface area contributed by atoms with E-state index < -0.39 is 0 Å². The number of methoxy groups -OCH3 is 1. The molecule has 0 bridgehead atoms. The smallest absolute Gasteiger partial charge is 0.231 e. The van der Waals surface area contributed by atoms with E-state index in [2.05, 4.69) is 12.1 Å². The van der Waals surface area contributed by atoms with Crippen LogP contribution in [-0.4, -0.2) is 26.8 Å². The normalized spacial score (nSPS) is 32.8. The number of benzene rings is 2. The van der Waals surface area contributed by atoms with Gasteiger partial charge < -0.3 is 23.7 Å². The molecule has 5 nitrogen and oxygen atoms in total. The van der Waals surface area contributed by atoms with Crippen molar-refractivity contribution >= 4 is 0 Å². The minimum atomic E-state index is -0.284. The lowest BCUT2D eigenvalue weighted by atomic mass is 9.84. The van der Waals surface area contributed by atoms with E-state index in [-0.39, 0.29) is 37.1 Å². The summed E-state index contributed by atoms with van der Waals surface area (Å²) in [5.41, 5.74) is 2.25. The largest absolute Gasteiger partial charge is 0.454 e. The minimum Gasteiger partial charge on any atom is -0.454 e. The van der Waals surface area contributed by atoms with E-state index in [0.717, 1.165) is 17.1 Å². The lowest BCUT2D eigenvalue weighted by molar-refractivity contribution is -0.153. The van der Waals surface area contributed by atoms with Gasteiger partial charge in [0, 0.05) is 18.9 Å². The van der Waals surface area contributed by atoms with Crippen molar-refractivity contribution in [2.24, 2.45) is 11.8 Å². The molecule has 2 fully saturated rings. The Morgan fingerprint density at radius 1 is 0.920 bits per heavy atom. The first-order valence-corrected chi connectivity index (χ1v) is 8.59. The molecule has 0 amide bonds. The first kappa shape index (κ1) is 15.2. The van der Waals surface area contributed by atoms with Crippen molar-refractivity contribution in [1.29, 1.82) is 0 Å². The van der Waals surface area contributed by atoms with E-state index >= 15 is 0 Å². The van der Waals surface area contributed by atoms with Gasteiger partial charge in [0.1, 0.15) is 0 Å². The first-order chi connectivity index (χ1) is 12.3. The van der Waals surface area contributed by atoms with Gasteiger partial charge in [-0.15, -0.1) is 0 Å². The second-order valence-electron chi connectivity index (χ2n) is 6.68. The number of hydrogen-bond donors (Lipinski definition) is 0. The van der Waals surface area contributed by atoms with E-state index in [0.29, 0.717) is 6.61 Å². The summed E-state index contributed by atoms with van der Waals surface area (Å²) in [7, 11) is 1.70. The molecule has 0 N–H and O–H groups in total. The number of hydrogen-bond acceptors (Lipinski definition) is 5. The Bertz CT molecular complexity index is 762. The number of fused-ring (bicyclic) bond motifs is 2. The zero-order valence-corrected chi connectivity index (χ0v) is 14.0. The number of rotatable bonds is 3. The highest BCUT2D eigenvalue weighted by molar-refractivity contribution is 5.45. The third-order valence-corrected chi connectivity index (χ3v) is 5.38. The summed E-state index contributed by atoms with van der Waals surface area (Å²) in [6.07, 6.45) is -0.360. The zero-order chi connectivity index (χ0) is 16.8. The van der Waals surface area contributed by atoms with Gasteiger partial charge in [0.2, 0.25) is 6.79 Å². The van der Waals surface area contributed by atoms with Gasteiger partial charge in [0.05, 0.1) is 18.8 Å². The fourth-order valence-electron chi connectivity index (χ4n) is 4.22. The predicted octanol–water partition coefficient (Wildman–Crippen LogP) is 3.46. The fourth-order valence-corrected chi connectivity index (χ4v) is 4.22. The van der Waals surface area contributed by atoms with Crippen molar-refractivity contribution in [1.82, 2.24) is 0 Å². The maximum atomic E-state index is 6.25. The third kappa shape index (κ3) is 2.42.